The molecule has 0 saturated heterocycles. The predicted octanol–water partition coefficient (Wildman–Crippen LogP) is 2.52. The van der Waals surface area contributed by atoms with Crippen molar-refractivity contribution in [1.82, 2.24) is 10.3 Å². The van der Waals surface area contributed by atoms with E-state index in [0.29, 0.717) is 31.1 Å². The molecule has 0 fully saturated rings. The van der Waals surface area contributed by atoms with Gasteiger partial charge in [0.15, 0.2) is 0 Å². The van der Waals surface area contributed by atoms with Gasteiger partial charge in [0.25, 0.3) is 5.91 Å². The molecule has 1 heterocycles. The minimum Gasteiger partial charge on any atom is -0.347 e. The van der Waals surface area contributed by atoms with E-state index >= 15 is 0 Å². The van der Waals surface area contributed by atoms with E-state index in [2.05, 4.69) is 15.6 Å². The van der Waals surface area contributed by atoms with E-state index in [1.54, 1.807) is 5.38 Å². The average Bonchev–Trinajstić information content (AvgIpc) is 3.01. The van der Waals surface area contributed by atoms with Crippen LogP contribution in [0.15, 0.2) is 29.6 Å². The summed E-state index contributed by atoms with van der Waals surface area (Å²) in [7, 11) is 0. The maximum atomic E-state index is 12.1. The molecule has 0 unspecified atom stereocenters. The lowest BCUT2D eigenvalue weighted by atomic mass is 10.1. The van der Waals surface area contributed by atoms with Crippen LogP contribution in [0.25, 0.3) is 0 Å². The SMILES string of the molecule is CC(C)CC(=O)Nc1cccc(CNC(=O)c2csc(CN)n2)c1. The smallest absolute Gasteiger partial charge is 0.271 e. The minimum atomic E-state index is -0.236. The third-order valence-corrected chi connectivity index (χ3v) is 4.09. The maximum Gasteiger partial charge on any atom is 0.271 e. The van der Waals surface area contributed by atoms with Crippen LogP contribution in [0.1, 0.15) is 41.3 Å². The van der Waals surface area contributed by atoms with Gasteiger partial charge in [0, 0.05) is 30.6 Å². The molecule has 0 aliphatic rings. The number of benzene rings is 1. The monoisotopic (exact) mass is 346 g/mol. The molecule has 24 heavy (non-hydrogen) atoms. The van der Waals surface area contributed by atoms with Gasteiger partial charge >= 0.3 is 0 Å². The first-order chi connectivity index (χ1) is 11.5. The van der Waals surface area contributed by atoms with Crippen molar-refractivity contribution in [1.29, 1.82) is 0 Å². The van der Waals surface area contributed by atoms with Crippen molar-refractivity contribution in [3.05, 3.63) is 45.9 Å². The average molecular weight is 346 g/mol. The summed E-state index contributed by atoms with van der Waals surface area (Å²) in [4.78, 5) is 28.0. The number of hydrogen-bond acceptors (Lipinski definition) is 5. The van der Waals surface area contributed by atoms with E-state index in [4.69, 9.17) is 5.73 Å². The van der Waals surface area contributed by atoms with Crippen molar-refractivity contribution in [2.24, 2.45) is 11.7 Å². The Hall–Kier alpha value is -2.25. The normalized spacial score (nSPS) is 10.7. The van der Waals surface area contributed by atoms with E-state index in [9.17, 15) is 9.59 Å². The second-order valence-electron chi connectivity index (χ2n) is 5.86. The number of anilines is 1. The van der Waals surface area contributed by atoms with Crippen LogP contribution in [-0.4, -0.2) is 16.8 Å². The molecule has 4 N–H and O–H groups in total. The number of nitrogens with one attached hydrogen (secondary N) is 2. The lowest BCUT2D eigenvalue weighted by Gasteiger charge is -2.09. The number of nitrogens with two attached hydrogens (primary N) is 1. The first-order valence-corrected chi connectivity index (χ1v) is 8.67. The van der Waals surface area contributed by atoms with Crippen molar-refractivity contribution in [2.75, 3.05) is 5.32 Å². The second-order valence-corrected chi connectivity index (χ2v) is 6.80. The molecule has 0 radical (unpaired) electrons. The van der Waals surface area contributed by atoms with Crippen molar-refractivity contribution < 1.29 is 9.59 Å². The fourth-order valence-corrected chi connectivity index (χ4v) is 2.78. The Labute approximate surface area is 145 Å². The molecule has 7 heteroatoms. The van der Waals surface area contributed by atoms with Gasteiger partial charge in [-0.05, 0) is 23.6 Å². The molecule has 128 valence electrons. The fraction of sp³-hybridized carbons (Fsp3) is 0.353. The zero-order valence-electron chi connectivity index (χ0n) is 13.8. The van der Waals surface area contributed by atoms with Gasteiger partial charge in [0.2, 0.25) is 5.91 Å². The third kappa shape index (κ3) is 5.43. The summed E-state index contributed by atoms with van der Waals surface area (Å²) >= 11 is 1.37. The lowest BCUT2D eigenvalue weighted by Crippen LogP contribution is -2.23. The first-order valence-electron chi connectivity index (χ1n) is 7.79. The van der Waals surface area contributed by atoms with Crippen LogP contribution in [0.2, 0.25) is 0 Å². The molecule has 1 aromatic heterocycles. The summed E-state index contributed by atoms with van der Waals surface area (Å²) in [6.45, 7) is 4.69. The highest BCUT2D eigenvalue weighted by Crippen LogP contribution is 2.13. The summed E-state index contributed by atoms with van der Waals surface area (Å²) in [6.07, 6.45) is 0.480. The van der Waals surface area contributed by atoms with Gasteiger partial charge in [-0.1, -0.05) is 26.0 Å². The van der Waals surface area contributed by atoms with E-state index in [0.717, 1.165) is 16.3 Å². The Kier molecular flexibility index (Phi) is 6.45. The Bertz CT molecular complexity index is 712. The van der Waals surface area contributed by atoms with E-state index < -0.39 is 0 Å². The van der Waals surface area contributed by atoms with E-state index in [1.165, 1.54) is 11.3 Å². The van der Waals surface area contributed by atoms with Gasteiger partial charge in [-0.25, -0.2) is 4.98 Å². The summed E-state index contributed by atoms with van der Waals surface area (Å²) in [5, 5.41) is 8.11. The van der Waals surface area contributed by atoms with Crippen molar-refractivity contribution in [2.45, 2.75) is 33.4 Å². The molecule has 2 amide bonds. The fourth-order valence-electron chi connectivity index (χ4n) is 2.12. The van der Waals surface area contributed by atoms with Crippen LogP contribution in [0.5, 0.6) is 0 Å². The molecule has 1 aromatic carbocycles. The minimum absolute atomic E-state index is 0.0111. The highest BCUT2D eigenvalue weighted by molar-refractivity contribution is 7.09. The standard InChI is InChI=1S/C17H22N4O2S/c1-11(2)6-15(22)20-13-5-3-4-12(7-13)9-19-17(23)14-10-24-16(8-18)21-14/h3-5,7,10-11H,6,8-9,18H2,1-2H3,(H,19,23)(H,20,22). The zero-order valence-corrected chi connectivity index (χ0v) is 14.7. The number of nitrogens with zero attached hydrogens (tertiary/aromatic N) is 1. The predicted molar refractivity (Wildman–Crippen MR) is 95.7 cm³/mol. The Morgan fingerprint density at radius 1 is 1.33 bits per heavy atom. The number of hydrogen-bond donors (Lipinski definition) is 3. The highest BCUT2D eigenvalue weighted by atomic mass is 32.1. The Morgan fingerprint density at radius 2 is 2.12 bits per heavy atom. The van der Waals surface area contributed by atoms with Gasteiger partial charge in [-0.3, -0.25) is 9.59 Å². The summed E-state index contributed by atoms with van der Waals surface area (Å²) in [6, 6.07) is 7.43. The molecular weight excluding hydrogens is 324 g/mol. The number of thiazole rings is 1. The molecule has 2 rings (SSSR count). The zero-order chi connectivity index (χ0) is 17.5. The van der Waals surface area contributed by atoms with Gasteiger partial charge in [0.1, 0.15) is 10.7 Å². The van der Waals surface area contributed by atoms with Crippen LogP contribution in [0.3, 0.4) is 0 Å². The second kappa shape index (κ2) is 8.56. The van der Waals surface area contributed by atoms with Gasteiger partial charge < -0.3 is 16.4 Å². The van der Waals surface area contributed by atoms with Gasteiger partial charge in [-0.2, -0.15) is 0 Å². The van der Waals surface area contributed by atoms with Crippen molar-refractivity contribution in [3.63, 3.8) is 0 Å². The van der Waals surface area contributed by atoms with Crippen LogP contribution in [0.4, 0.5) is 5.69 Å². The van der Waals surface area contributed by atoms with E-state index in [1.807, 2.05) is 38.1 Å². The molecular formula is C17H22N4O2S. The molecule has 0 saturated carbocycles. The topological polar surface area (TPSA) is 97.1 Å². The summed E-state index contributed by atoms with van der Waals surface area (Å²) in [5.41, 5.74) is 7.50. The number of carbonyl (C=O) groups is 2. The maximum absolute atomic E-state index is 12.1. The number of carbonyl (C=O) groups excluding carboxylic acids is 2. The number of amides is 2. The van der Waals surface area contributed by atoms with Crippen LogP contribution in [0, 0.1) is 5.92 Å². The van der Waals surface area contributed by atoms with E-state index in [-0.39, 0.29) is 11.8 Å². The molecule has 6 nitrogen and oxygen atoms in total. The molecule has 2 aromatic rings. The van der Waals surface area contributed by atoms with Crippen molar-refractivity contribution >= 4 is 28.8 Å². The van der Waals surface area contributed by atoms with Crippen LogP contribution >= 0.6 is 11.3 Å². The molecule has 0 spiro atoms. The first kappa shape index (κ1) is 18.1. The lowest BCUT2D eigenvalue weighted by molar-refractivity contribution is -0.116. The molecule has 0 bridgehead atoms. The molecule has 0 aliphatic heterocycles. The Balaban J connectivity index is 1.92. The molecule has 0 atom stereocenters. The van der Waals surface area contributed by atoms with Gasteiger partial charge in [0.05, 0.1) is 0 Å². The summed E-state index contributed by atoms with van der Waals surface area (Å²) in [5.74, 6) is 0.0622. The molecule has 0 aliphatic carbocycles. The van der Waals surface area contributed by atoms with Crippen molar-refractivity contribution in [3.8, 4) is 0 Å². The number of rotatable bonds is 7. The van der Waals surface area contributed by atoms with Crippen LogP contribution in [-0.2, 0) is 17.9 Å². The van der Waals surface area contributed by atoms with Crippen LogP contribution < -0.4 is 16.4 Å². The highest BCUT2D eigenvalue weighted by Gasteiger charge is 2.10. The quantitative estimate of drug-likeness (QED) is 0.717. The third-order valence-electron chi connectivity index (χ3n) is 3.22. The largest absolute Gasteiger partial charge is 0.347 e. The van der Waals surface area contributed by atoms with Gasteiger partial charge in [-0.15, -0.1) is 11.3 Å². The number of aromatic nitrogens is 1. The summed E-state index contributed by atoms with van der Waals surface area (Å²) < 4.78 is 0. The Morgan fingerprint density at radius 3 is 2.79 bits per heavy atom.